The van der Waals surface area contributed by atoms with E-state index in [9.17, 15) is 14.4 Å². The minimum atomic E-state index is -0.355. The average molecular weight is 808 g/mol. The lowest BCUT2D eigenvalue weighted by atomic mass is 10.0. The van der Waals surface area contributed by atoms with Crippen molar-refractivity contribution in [3.05, 3.63) is 183 Å². The number of urea groups is 1. The summed E-state index contributed by atoms with van der Waals surface area (Å²) in [5.41, 5.74) is 15.2. The maximum Gasteiger partial charge on any atom is 0.333 e. The van der Waals surface area contributed by atoms with Gasteiger partial charge in [-0.3, -0.25) is 20.4 Å². The molecule has 0 aliphatic heterocycles. The normalized spacial score (nSPS) is 9.95. The molecule has 0 saturated carbocycles. The number of amides is 2. The maximum absolute atomic E-state index is 12.4. The molecule has 14 nitrogen and oxygen atoms in total. The third-order valence-electron chi connectivity index (χ3n) is 8.96. The van der Waals surface area contributed by atoms with Crippen LogP contribution in [0, 0.1) is 57.3 Å². The zero-order valence-electron chi connectivity index (χ0n) is 34.1. The highest BCUT2D eigenvalue weighted by Gasteiger charge is 2.17. The molecule has 302 valence electrons. The molecular formula is C47H41N11O3. The molecule has 3 heterocycles. The van der Waals surface area contributed by atoms with Gasteiger partial charge in [-0.15, -0.1) is 10.2 Å². The van der Waals surface area contributed by atoms with Gasteiger partial charge in [-0.1, -0.05) is 120 Å². The van der Waals surface area contributed by atoms with Crippen molar-refractivity contribution in [3.8, 4) is 34.7 Å². The number of anilines is 1. The predicted octanol–water partition coefficient (Wildman–Crippen LogP) is 7.92. The number of carbonyl (C=O) groups is 3. The Morgan fingerprint density at radius 1 is 0.705 bits per heavy atom. The van der Waals surface area contributed by atoms with Crippen molar-refractivity contribution in [2.75, 3.05) is 5.43 Å². The van der Waals surface area contributed by atoms with E-state index in [4.69, 9.17) is 10.5 Å². The van der Waals surface area contributed by atoms with E-state index in [-0.39, 0.29) is 23.5 Å². The minimum Gasteiger partial charge on any atom is -0.333 e. The quantitative estimate of drug-likeness (QED) is 0.0721. The number of hydrazine groups is 1. The summed E-state index contributed by atoms with van der Waals surface area (Å²) in [6.07, 6.45) is 2.05. The van der Waals surface area contributed by atoms with Gasteiger partial charge in [-0.25, -0.2) is 24.7 Å². The molecular weight excluding hydrogens is 767 g/mol. The number of nitrogens with zero attached hydrogens (tertiary/aromatic N) is 8. The van der Waals surface area contributed by atoms with Crippen molar-refractivity contribution in [1.29, 1.82) is 10.5 Å². The van der Waals surface area contributed by atoms with Crippen LogP contribution in [0.4, 0.5) is 10.6 Å². The van der Waals surface area contributed by atoms with Crippen LogP contribution in [0.3, 0.4) is 0 Å². The Bertz CT molecular complexity index is 2730. The molecule has 0 atom stereocenters. The zero-order chi connectivity index (χ0) is 43.7. The Morgan fingerprint density at radius 3 is 1.98 bits per heavy atom. The molecule has 3 N–H and O–H groups in total. The van der Waals surface area contributed by atoms with Crippen molar-refractivity contribution in [3.63, 3.8) is 0 Å². The number of ketones is 1. The highest BCUT2D eigenvalue weighted by Crippen LogP contribution is 2.27. The number of nitriles is 2. The Morgan fingerprint density at radius 2 is 1.38 bits per heavy atom. The molecule has 61 heavy (non-hydrogen) atoms. The van der Waals surface area contributed by atoms with Gasteiger partial charge in [-0.05, 0) is 51.8 Å². The van der Waals surface area contributed by atoms with Crippen molar-refractivity contribution in [2.45, 2.75) is 41.2 Å². The van der Waals surface area contributed by atoms with Gasteiger partial charge in [0.25, 0.3) is 0 Å². The number of rotatable bonds is 9. The molecule has 7 aromatic rings. The van der Waals surface area contributed by atoms with Gasteiger partial charge in [0.05, 0.1) is 5.56 Å². The van der Waals surface area contributed by atoms with E-state index in [1.165, 1.54) is 6.20 Å². The molecule has 0 spiro atoms. The molecule has 14 heteroatoms. The van der Waals surface area contributed by atoms with Crippen molar-refractivity contribution in [2.24, 2.45) is 0 Å². The topological polar surface area (TPSA) is 212 Å². The third kappa shape index (κ3) is 12.3. The maximum atomic E-state index is 12.4. The summed E-state index contributed by atoms with van der Waals surface area (Å²) in [7, 11) is 0. The van der Waals surface area contributed by atoms with Crippen LogP contribution in [0.15, 0.2) is 121 Å². The number of nitrogens with one attached hydrogen (secondary N) is 3. The van der Waals surface area contributed by atoms with Crippen LogP contribution in [0.25, 0.3) is 22.5 Å². The summed E-state index contributed by atoms with van der Waals surface area (Å²) in [5, 5.41) is 28.4. The van der Waals surface area contributed by atoms with Crippen molar-refractivity contribution >= 4 is 23.9 Å². The van der Waals surface area contributed by atoms with E-state index < -0.39 is 0 Å². The summed E-state index contributed by atoms with van der Waals surface area (Å²) in [6, 6.07) is 39.8. The summed E-state index contributed by atoms with van der Waals surface area (Å²) in [5.74, 6) is 0.436. The molecule has 4 aromatic carbocycles. The van der Waals surface area contributed by atoms with E-state index in [0.29, 0.717) is 58.1 Å². The number of aryl methyl sites for hydroxylation is 4. The fourth-order valence-electron chi connectivity index (χ4n) is 5.65. The van der Waals surface area contributed by atoms with E-state index in [1.54, 1.807) is 32.0 Å². The number of benzene rings is 4. The first-order chi connectivity index (χ1) is 29.5. The highest BCUT2D eigenvalue weighted by atomic mass is 16.2. The molecule has 3 aromatic heterocycles. The fraction of sp³-hybridized carbons (Fsp3) is 0.128. The van der Waals surface area contributed by atoms with Crippen LogP contribution < -0.4 is 16.2 Å². The first-order valence-electron chi connectivity index (χ1n) is 18.9. The third-order valence-corrected chi connectivity index (χ3v) is 8.96. The second kappa shape index (κ2) is 21.3. The molecule has 0 aliphatic carbocycles. The van der Waals surface area contributed by atoms with E-state index in [1.807, 2.05) is 130 Å². The van der Waals surface area contributed by atoms with Gasteiger partial charge in [0.1, 0.15) is 35.0 Å². The van der Waals surface area contributed by atoms with Gasteiger partial charge in [0.15, 0.2) is 6.29 Å². The Kier molecular flexibility index (Phi) is 15.2. The predicted molar refractivity (Wildman–Crippen MR) is 231 cm³/mol. The summed E-state index contributed by atoms with van der Waals surface area (Å²) in [4.78, 5) is 51.4. The smallest absolute Gasteiger partial charge is 0.333 e. The molecule has 0 radical (unpaired) electrons. The summed E-state index contributed by atoms with van der Waals surface area (Å²) in [6.45, 7) is 9.77. The van der Waals surface area contributed by atoms with Crippen molar-refractivity contribution < 1.29 is 14.4 Å². The second-order valence-corrected chi connectivity index (χ2v) is 13.6. The minimum absolute atomic E-state index is 0.0264. The molecule has 0 bridgehead atoms. The molecule has 0 aliphatic rings. The van der Waals surface area contributed by atoms with Crippen molar-refractivity contribution in [1.82, 2.24) is 40.9 Å². The van der Waals surface area contributed by atoms with E-state index in [2.05, 4.69) is 46.3 Å². The number of carbonyl (C=O) groups excluding carboxylic acids is 3. The van der Waals surface area contributed by atoms with Crippen LogP contribution in [0.1, 0.15) is 71.6 Å². The van der Waals surface area contributed by atoms with Gasteiger partial charge >= 0.3 is 6.03 Å². The van der Waals surface area contributed by atoms with Gasteiger partial charge in [-0.2, -0.15) is 10.5 Å². The Balaban J connectivity index is 0.000000174. The largest absolute Gasteiger partial charge is 0.333 e. The number of hydrogen-bond acceptors (Lipinski definition) is 12. The zero-order valence-corrected chi connectivity index (χ0v) is 34.1. The van der Waals surface area contributed by atoms with Gasteiger partial charge in [0.2, 0.25) is 17.4 Å². The SMILES string of the molecule is Cc1ccc(C(=O)c2nc(C#N)nc(C)c2C)cc1.Cc1cccc(CNC(=O)NNc2ncc(C#N)cc2C)c1.O=Cc1nnc(-c2ccccc2)c(-c2ccccc2)n1. The molecule has 2 amide bonds. The first-order valence-corrected chi connectivity index (χ1v) is 18.9. The van der Waals surface area contributed by atoms with Crippen LogP contribution in [-0.2, 0) is 6.54 Å². The van der Waals surface area contributed by atoms with Gasteiger partial charge < -0.3 is 5.32 Å². The monoisotopic (exact) mass is 807 g/mol. The molecule has 0 unspecified atom stereocenters. The fourth-order valence-corrected chi connectivity index (χ4v) is 5.65. The highest BCUT2D eigenvalue weighted by molar-refractivity contribution is 6.08. The van der Waals surface area contributed by atoms with Gasteiger partial charge in [0, 0.05) is 40.7 Å². The number of aromatic nitrogens is 6. The number of hydrogen-bond donors (Lipinski definition) is 3. The van der Waals surface area contributed by atoms with Crippen LogP contribution in [0.2, 0.25) is 0 Å². The first kappa shape index (κ1) is 43.6. The second-order valence-electron chi connectivity index (χ2n) is 13.6. The number of aldehydes is 1. The average Bonchev–Trinajstić information content (AvgIpc) is 3.29. The van der Waals surface area contributed by atoms with Crippen LogP contribution in [0.5, 0.6) is 0 Å². The molecule has 0 saturated heterocycles. The standard InChI is InChI=1S/C16H17N5O.C16H11N3O.C15H13N3O/c1-11-4-3-5-13(6-11)9-19-16(22)21-20-15-12(2)7-14(8-17)10-18-15;20-11-14-17-15(12-7-3-1-4-8-12)16(19-18-14)13-9-5-2-6-10-13;1-9-4-6-12(7-5-9)15(19)14-10(2)11(3)17-13(8-16)18-14/h3-7,10H,9H2,1-2H3,(H,18,20)(H2,19,21,22);1-11H;4-7H,1-3H3. The lowest BCUT2D eigenvalue weighted by molar-refractivity contribution is 0.103. The Labute approximate surface area is 353 Å². The molecule has 0 fully saturated rings. The lowest BCUT2D eigenvalue weighted by Crippen LogP contribution is -2.39. The number of pyridine rings is 1. The van der Waals surface area contributed by atoms with Crippen LogP contribution in [-0.4, -0.2) is 48.2 Å². The van der Waals surface area contributed by atoms with E-state index in [0.717, 1.165) is 33.4 Å². The molecule has 7 rings (SSSR count). The summed E-state index contributed by atoms with van der Waals surface area (Å²) >= 11 is 0. The van der Waals surface area contributed by atoms with E-state index >= 15 is 0 Å². The summed E-state index contributed by atoms with van der Waals surface area (Å²) < 4.78 is 0. The van der Waals surface area contributed by atoms with Crippen LogP contribution >= 0.6 is 0 Å². The lowest BCUT2D eigenvalue weighted by Gasteiger charge is -2.11. The Hall–Kier alpha value is -8.49.